The maximum Gasteiger partial charge on any atom is 0.128 e. The largest absolute Gasteiger partial charge is 0.485 e. The summed E-state index contributed by atoms with van der Waals surface area (Å²) in [5.74, 6) is 0.945. The van der Waals surface area contributed by atoms with Gasteiger partial charge in [0, 0.05) is 11.3 Å². The van der Waals surface area contributed by atoms with E-state index in [0.717, 1.165) is 17.0 Å². The van der Waals surface area contributed by atoms with Crippen molar-refractivity contribution in [2.75, 3.05) is 5.32 Å². The SMILES string of the molecule is CC1(C)Oc2ccccc2C1Nc1ccc(CC#N)cc1. The first-order valence-electron chi connectivity index (χ1n) is 7.10. The topological polar surface area (TPSA) is 45.0 Å². The fourth-order valence-electron chi connectivity index (χ4n) is 2.76. The van der Waals surface area contributed by atoms with Crippen molar-refractivity contribution < 1.29 is 4.74 Å². The highest BCUT2D eigenvalue weighted by Crippen LogP contribution is 2.44. The zero-order valence-electron chi connectivity index (χ0n) is 12.3. The zero-order valence-corrected chi connectivity index (χ0v) is 12.3. The van der Waals surface area contributed by atoms with Crippen molar-refractivity contribution in [3.63, 3.8) is 0 Å². The zero-order chi connectivity index (χ0) is 14.9. The average molecular weight is 278 g/mol. The van der Waals surface area contributed by atoms with Crippen LogP contribution in [0.4, 0.5) is 5.69 Å². The van der Waals surface area contributed by atoms with Crippen LogP contribution in [0.25, 0.3) is 0 Å². The second kappa shape index (κ2) is 5.14. The molecule has 0 spiro atoms. The Kier molecular flexibility index (Phi) is 3.31. The number of benzene rings is 2. The third kappa shape index (κ3) is 2.57. The lowest BCUT2D eigenvalue weighted by Gasteiger charge is -2.28. The lowest BCUT2D eigenvalue weighted by molar-refractivity contribution is 0.118. The molecule has 3 heteroatoms. The predicted octanol–water partition coefficient (Wildman–Crippen LogP) is 4.08. The van der Waals surface area contributed by atoms with E-state index in [1.807, 2.05) is 42.5 Å². The number of hydrogen-bond donors (Lipinski definition) is 1. The van der Waals surface area contributed by atoms with Gasteiger partial charge in [-0.3, -0.25) is 0 Å². The minimum atomic E-state index is -0.297. The van der Waals surface area contributed by atoms with Crippen LogP contribution in [0, 0.1) is 11.3 Å². The number of anilines is 1. The van der Waals surface area contributed by atoms with Crippen molar-refractivity contribution in [2.24, 2.45) is 0 Å². The second-order valence-corrected chi connectivity index (χ2v) is 5.85. The molecule has 0 aliphatic carbocycles. The Labute approximate surface area is 125 Å². The van der Waals surface area contributed by atoms with Crippen LogP contribution in [0.1, 0.15) is 31.0 Å². The molecule has 1 aliphatic rings. The van der Waals surface area contributed by atoms with Crippen LogP contribution in [0.2, 0.25) is 0 Å². The number of fused-ring (bicyclic) bond motifs is 1. The van der Waals surface area contributed by atoms with Crippen LogP contribution >= 0.6 is 0 Å². The Morgan fingerprint density at radius 1 is 1.14 bits per heavy atom. The number of rotatable bonds is 3. The van der Waals surface area contributed by atoms with Crippen molar-refractivity contribution in [3.05, 3.63) is 59.7 Å². The first-order valence-corrected chi connectivity index (χ1v) is 7.10. The summed E-state index contributed by atoms with van der Waals surface area (Å²) in [7, 11) is 0. The number of ether oxygens (including phenoxy) is 1. The Hall–Kier alpha value is -2.47. The van der Waals surface area contributed by atoms with Crippen LogP contribution in [0.3, 0.4) is 0 Å². The van der Waals surface area contributed by atoms with Gasteiger partial charge < -0.3 is 10.1 Å². The fourth-order valence-corrected chi connectivity index (χ4v) is 2.76. The highest BCUT2D eigenvalue weighted by atomic mass is 16.5. The van der Waals surface area contributed by atoms with E-state index in [2.05, 4.69) is 31.3 Å². The van der Waals surface area contributed by atoms with E-state index in [1.165, 1.54) is 5.56 Å². The van der Waals surface area contributed by atoms with Gasteiger partial charge in [0.25, 0.3) is 0 Å². The van der Waals surface area contributed by atoms with Gasteiger partial charge in [0.05, 0.1) is 18.5 Å². The van der Waals surface area contributed by atoms with Crippen molar-refractivity contribution in [1.29, 1.82) is 5.26 Å². The van der Waals surface area contributed by atoms with E-state index < -0.39 is 0 Å². The van der Waals surface area contributed by atoms with E-state index in [0.29, 0.717) is 6.42 Å². The first-order chi connectivity index (χ1) is 10.1. The Morgan fingerprint density at radius 2 is 1.86 bits per heavy atom. The molecule has 106 valence electrons. The number of hydrogen-bond acceptors (Lipinski definition) is 3. The second-order valence-electron chi connectivity index (χ2n) is 5.85. The fraction of sp³-hybridized carbons (Fsp3) is 0.278. The Balaban J connectivity index is 1.85. The number of para-hydroxylation sites is 1. The molecule has 2 aromatic rings. The molecule has 1 atom stereocenters. The molecule has 3 nitrogen and oxygen atoms in total. The standard InChI is InChI=1S/C18H18N2O/c1-18(2)17(15-5-3-4-6-16(15)21-18)20-14-9-7-13(8-10-14)11-12-19/h3-10,17,20H,11H2,1-2H3. The minimum absolute atomic E-state index is 0.107. The van der Waals surface area contributed by atoms with Crippen LogP contribution in [0.5, 0.6) is 5.75 Å². The number of nitriles is 1. The van der Waals surface area contributed by atoms with Crippen LogP contribution in [-0.4, -0.2) is 5.60 Å². The van der Waals surface area contributed by atoms with Gasteiger partial charge >= 0.3 is 0 Å². The molecule has 1 unspecified atom stereocenters. The Morgan fingerprint density at radius 3 is 2.57 bits per heavy atom. The molecule has 0 aromatic heterocycles. The van der Waals surface area contributed by atoms with Gasteiger partial charge in [-0.25, -0.2) is 0 Å². The third-order valence-electron chi connectivity index (χ3n) is 3.85. The number of nitrogens with one attached hydrogen (secondary N) is 1. The van der Waals surface area contributed by atoms with Crippen molar-refractivity contribution in [3.8, 4) is 11.8 Å². The molecule has 0 fully saturated rings. The van der Waals surface area contributed by atoms with Gasteiger partial charge in [-0.1, -0.05) is 30.3 Å². The summed E-state index contributed by atoms with van der Waals surface area (Å²) in [5, 5.41) is 12.3. The molecule has 0 saturated carbocycles. The molecule has 21 heavy (non-hydrogen) atoms. The summed E-state index contributed by atoms with van der Waals surface area (Å²) >= 11 is 0. The summed E-state index contributed by atoms with van der Waals surface area (Å²) < 4.78 is 6.04. The molecule has 0 saturated heterocycles. The van der Waals surface area contributed by atoms with Crippen LogP contribution < -0.4 is 10.1 Å². The maximum absolute atomic E-state index is 8.71. The molecule has 0 radical (unpaired) electrons. The molecular weight excluding hydrogens is 260 g/mol. The van der Waals surface area contributed by atoms with E-state index in [4.69, 9.17) is 10.00 Å². The summed E-state index contributed by atoms with van der Waals surface area (Å²) in [4.78, 5) is 0. The van der Waals surface area contributed by atoms with Crippen molar-refractivity contribution in [2.45, 2.75) is 31.9 Å². The molecule has 1 N–H and O–H groups in total. The summed E-state index contributed by atoms with van der Waals surface area (Å²) in [6, 6.07) is 18.4. The van der Waals surface area contributed by atoms with Crippen molar-refractivity contribution in [1.82, 2.24) is 0 Å². The van der Waals surface area contributed by atoms with E-state index >= 15 is 0 Å². The first kappa shape index (κ1) is 13.5. The van der Waals surface area contributed by atoms with Gasteiger partial charge in [-0.2, -0.15) is 5.26 Å². The van der Waals surface area contributed by atoms with Gasteiger partial charge in [0.1, 0.15) is 11.4 Å². The maximum atomic E-state index is 8.71. The van der Waals surface area contributed by atoms with E-state index in [-0.39, 0.29) is 11.6 Å². The Bertz CT molecular complexity index is 683. The summed E-state index contributed by atoms with van der Waals surface area (Å²) in [6.07, 6.45) is 0.446. The van der Waals surface area contributed by atoms with Crippen molar-refractivity contribution >= 4 is 5.69 Å². The highest BCUT2D eigenvalue weighted by molar-refractivity contribution is 5.52. The van der Waals surface area contributed by atoms with Gasteiger partial charge in [0.2, 0.25) is 0 Å². The predicted molar refractivity (Wildman–Crippen MR) is 83.3 cm³/mol. The molecule has 1 aliphatic heterocycles. The molecule has 1 heterocycles. The van der Waals surface area contributed by atoms with Gasteiger partial charge in [-0.15, -0.1) is 0 Å². The quantitative estimate of drug-likeness (QED) is 0.920. The normalized spacial score (nSPS) is 18.4. The third-order valence-corrected chi connectivity index (χ3v) is 3.85. The minimum Gasteiger partial charge on any atom is -0.485 e. The lowest BCUT2D eigenvalue weighted by Crippen LogP contribution is -2.34. The monoisotopic (exact) mass is 278 g/mol. The molecular formula is C18H18N2O. The molecule has 0 bridgehead atoms. The van der Waals surface area contributed by atoms with E-state index in [1.54, 1.807) is 0 Å². The average Bonchev–Trinajstić information content (AvgIpc) is 2.72. The smallest absolute Gasteiger partial charge is 0.128 e. The molecule has 0 amide bonds. The molecule has 2 aromatic carbocycles. The number of nitrogens with zero attached hydrogens (tertiary/aromatic N) is 1. The summed E-state index contributed by atoms with van der Waals surface area (Å²) in [6.45, 7) is 4.18. The molecule has 3 rings (SSSR count). The van der Waals surface area contributed by atoms with Gasteiger partial charge in [-0.05, 0) is 37.6 Å². The van der Waals surface area contributed by atoms with Crippen LogP contribution in [-0.2, 0) is 6.42 Å². The lowest BCUT2D eigenvalue weighted by atomic mass is 9.94. The van der Waals surface area contributed by atoms with Gasteiger partial charge in [0.15, 0.2) is 0 Å². The van der Waals surface area contributed by atoms with Crippen LogP contribution in [0.15, 0.2) is 48.5 Å². The van der Waals surface area contributed by atoms with E-state index in [9.17, 15) is 0 Å². The highest BCUT2D eigenvalue weighted by Gasteiger charge is 2.40. The summed E-state index contributed by atoms with van der Waals surface area (Å²) in [5.41, 5.74) is 2.96.